The lowest BCUT2D eigenvalue weighted by molar-refractivity contribution is -0.120. The first-order chi connectivity index (χ1) is 20.0. The van der Waals surface area contributed by atoms with Crippen molar-refractivity contribution in [3.63, 3.8) is 0 Å². The summed E-state index contributed by atoms with van der Waals surface area (Å²) in [6.45, 7) is 3.57. The van der Waals surface area contributed by atoms with E-state index in [1.165, 1.54) is 22.8 Å². The van der Waals surface area contributed by atoms with Gasteiger partial charge < -0.3 is 20.1 Å². The number of rotatable bonds is 13. The highest BCUT2D eigenvalue weighted by Gasteiger charge is 2.08. The summed E-state index contributed by atoms with van der Waals surface area (Å²) >= 11 is 1.70. The number of nitrogens with one attached hydrogen (secondary N) is 2. The van der Waals surface area contributed by atoms with E-state index < -0.39 is 0 Å². The van der Waals surface area contributed by atoms with Crippen molar-refractivity contribution in [2.45, 2.75) is 26.2 Å². The van der Waals surface area contributed by atoms with Crippen molar-refractivity contribution in [3.8, 4) is 11.5 Å². The molecule has 4 aromatic carbocycles. The molecule has 0 aliphatic rings. The van der Waals surface area contributed by atoms with Gasteiger partial charge in [-0.2, -0.15) is 0 Å². The van der Waals surface area contributed by atoms with E-state index in [0.717, 1.165) is 46.1 Å². The van der Waals surface area contributed by atoms with Gasteiger partial charge in [-0.05, 0) is 81.4 Å². The smallest absolute Gasteiger partial charge is 0.224 e. The molecule has 6 nitrogen and oxygen atoms in total. The Morgan fingerprint density at radius 3 is 2.22 bits per heavy atom. The monoisotopic (exact) mass is 566 g/mol. The third-order valence-electron chi connectivity index (χ3n) is 6.88. The van der Waals surface area contributed by atoms with E-state index in [1.807, 2.05) is 48.5 Å². The quantitative estimate of drug-likeness (QED) is 0.169. The maximum absolute atomic E-state index is 12.3. The minimum absolute atomic E-state index is 0.0146. The molecule has 0 fully saturated rings. The van der Waals surface area contributed by atoms with Crippen molar-refractivity contribution in [3.05, 3.63) is 107 Å². The van der Waals surface area contributed by atoms with Gasteiger partial charge in [-0.3, -0.25) is 9.59 Å². The van der Waals surface area contributed by atoms with Crippen LogP contribution in [0.3, 0.4) is 0 Å². The average Bonchev–Trinajstić information content (AvgIpc) is 3.38. The second-order valence-corrected chi connectivity index (χ2v) is 10.8. The topological polar surface area (TPSA) is 76.7 Å². The molecule has 7 heteroatoms. The maximum Gasteiger partial charge on any atom is 0.224 e. The Balaban J connectivity index is 1.13. The van der Waals surface area contributed by atoms with Gasteiger partial charge in [0.05, 0.1) is 6.42 Å². The van der Waals surface area contributed by atoms with Crippen LogP contribution in [0.4, 0.5) is 0 Å². The number of fused-ring (bicyclic) bond motifs is 2. The highest BCUT2D eigenvalue weighted by molar-refractivity contribution is 7.17. The fraction of sp³-hybridized carbons (Fsp3) is 0.235. The number of thiophene rings is 1. The first-order valence-electron chi connectivity index (χ1n) is 13.9. The number of carbonyl (C=O) groups is 2. The average molecular weight is 567 g/mol. The van der Waals surface area contributed by atoms with Crippen molar-refractivity contribution in [1.82, 2.24) is 10.6 Å². The number of ether oxygens (including phenoxy) is 2. The Kier molecular flexibility index (Phi) is 9.49. The Bertz CT molecular complexity index is 1630. The second-order valence-electron chi connectivity index (χ2n) is 9.91. The van der Waals surface area contributed by atoms with Gasteiger partial charge in [0.25, 0.3) is 0 Å². The van der Waals surface area contributed by atoms with Gasteiger partial charge >= 0.3 is 0 Å². The molecule has 210 valence electrons. The summed E-state index contributed by atoms with van der Waals surface area (Å²) in [6.07, 6.45) is 1.91. The third kappa shape index (κ3) is 7.86. The van der Waals surface area contributed by atoms with E-state index in [0.29, 0.717) is 32.7 Å². The van der Waals surface area contributed by atoms with Gasteiger partial charge in [-0.1, -0.05) is 54.6 Å². The number of hydrogen-bond acceptors (Lipinski definition) is 5. The molecule has 1 heterocycles. The minimum atomic E-state index is -0.0146. The lowest BCUT2D eigenvalue weighted by Gasteiger charge is -2.12. The van der Waals surface area contributed by atoms with E-state index in [2.05, 4.69) is 52.4 Å². The van der Waals surface area contributed by atoms with Gasteiger partial charge in [0.1, 0.15) is 24.7 Å². The van der Waals surface area contributed by atoms with Crippen molar-refractivity contribution >= 4 is 44.0 Å². The van der Waals surface area contributed by atoms with Crippen LogP contribution in [0.1, 0.15) is 23.6 Å². The summed E-state index contributed by atoms with van der Waals surface area (Å²) in [5.74, 6) is 1.60. The number of amides is 2. The molecule has 0 aliphatic heterocycles. The van der Waals surface area contributed by atoms with Crippen LogP contribution in [-0.4, -0.2) is 38.1 Å². The van der Waals surface area contributed by atoms with Crippen molar-refractivity contribution in [2.75, 3.05) is 26.3 Å². The predicted molar refractivity (Wildman–Crippen MR) is 166 cm³/mol. The zero-order valence-electron chi connectivity index (χ0n) is 23.2. The van der Waals surface area contributed by atoms with Crippen LogP contribution in [-0.2, 0) is 28.9 Å². The van der Waals surface area contributed by atoms with Crippen LogP contribution < -0.4 is 20.1 Å². The number of hydrogen-bond donors (Lipinski definition) is 2. The van der Waals surface area contributed by atoms with Crippen LogP contribution >= 0.6 is 11.3 Å². The summed E-state index contributed by atoms with van der Waals surface area (Å²) in [7, 11) is 0. The largest absolute Gasteiger partial charge is 0.490 e. The zero-order chi connectivity index (χ0) is 28.4. The Morgan fingerprint density at radius 2 is 1.44 bits per heavy atom. The molecule has 0 saturated heterocycles. The SMILES string of the molecule is CC(=O)NCCc1csc2ccc(OCCOc3ccc4cccc(CCNC(=O)Cc5ccccc5)c4c3)cc12. The highest BCUT2D eigenvalue weighted by Crippen LogP contribution is 2.30. The molecule has 0 saturated carbocycles. The molecule has 0 unspecified atom stereocenters. The lowest BCUT2D eigenvalue weighted by atomic mass is 10.0. The fourth-order valence-electron chi connectivity index (χ4n) is 4.84. The number of carbonyl (C=O) groups excluding carboxylic acids is 2. The highest BCUT2D eigenvalue weighted by atomic mass is 32.1. The van der Waals surface area contributed by atoms with E-state index in [-0.39, 0.29) is 11.8 Å². The van der Waals surface area contributed by atoms with Crippen molar-refractivity contribution in [1.29, 1.82) is 0 Å². The maximum atomic E-state index is 12.3. The summed E-state index contributed by atoms with van der Waals surface area (Å²) in [4.78, 5) is 23.5. The lowest BCUT2D eigenvalue weighted by Crippen LogP contribution is -2.27. The summed E-state index contributed by atoms with van der Waals surface area (Å²) in [6, 6.07) is 28.2. The van der Waals surface area contributed by atoms with Crippen molar-refractivity contribution < 1.29 is 19.1 Å². The first kappa shape index (κ1) is 28.2. The summed E-state index contributed by atoms with van der Waals surface area (Å²) in [5, 5.41) is 11.5. The predicted octanol–water partition coefficient (Wildman–Crippen LogP) is 6.09. The molecule has 0 atom stereocenters. The van der Waals surface area contributed by atoms with Gasteiger partial charge in [0.2, 0.25) is 11.8 Å². The van der Waals surface area contributed by atoms with E-state index in [4.69, 9.17) is 9.47 Å². The molecular formula is C34H34N2O4S. The molecule has 0 bridgehead atoms. The summed E-state index contributed by atoms with van der Waals surface area (Å²) in [5.41, 5.74) is 3.39. The molecule has 0 aliphatic carbocycles. The van der Waals surface area contributed by atoms with Crippen molar-refractivity contribution in [2.24, 2.45) is 0 Å². The van der Waals surface area contributed by atoms with Gasteiger partial charge in [0, 0.05) is 24.7 Å². The fourth-order valence-corrected chi connectivity index (χ4v) is 5.82. The third-order valence-corrected chi connectivity index (χ3v) is 7.89. The molecule has 5 rings (SSSR count). The van der Waals surface area contributed by atoms with Gasteiger partial charge in [-0.25, -0.2) is 0 Å². The minimum Gasteiger partial charge on any atom is -0.490 e. The van der Waals surface area contributed by atoms with Crippen LogP contribution in [0.25, 0.3) is 20.9 Å². The van der Waals surface area contributed by atoms with Crippen LogP contribution in [0.2, 0.25) is 0 Å². The Hall–Kier alpha value is -4.36. The Labute approximate surface area is 244 Å². The molecule has 5 aromatic rings. The molecular weight excluding hydrogens is 532 g/mol. The molecule has 1 aromatic heterocycles. The van der Waals surface area contributed by atoms with Crippen LogP contribution in [0.15, 0.2) is 90.3 Å². The molecule has 2 amide bonds. The first-order valence-corrected chi connectivity index (χ1v) is 14.8. The summed E-state index contributed by atoms with van der Waals surface area (Å²) < 4.78 is 13.2. The van der Waals surface area contributed by atoms with Crippen LogP contribution in [0, 0.1) is 0 Å². The van der Waals surface area contributed by atoms with Gasteiger partial charge in [0.15, 0.2) is 0 Å². The van der Waals surface area contributed by atoms with E-state index in [1.54, 1.807) is 11.3 Å². The van der Waals surface area contributed by atoms with Gasteiger partial charge in [-0.15, -0.1) is 11.3 Å². The molecule has 2 N–H and O–H groups in total. The normalized spacial score (nSPS) is 11.0. The van der Waals surface area contributed by atoms with E-state index >= 15 is 0 Å². The zero-order valence-corrected chi connectivity index (χ0v) is 24.0. The number of benzene rings is 4. The molecule has 0 radical (unpaired) electrons. The van der Waals surface area contributed by atoms with Crippen LogP contribution in [0.5, 0.6) is 11.5 Å². The molecule has 41 heavy (non-hydrogen) atoms. The molecule has 0 spiro atoms. The second kappa shape index (κ2) is 13.8. The van der Waals surface area contributed by atoms with E-state index in [9.17, 15) is 9.59 Å². The Morgan fingerprint density at radius 1 is 0.732 bits per heavy atom. The standard InChI is InChI=1S/C34H34N2O4S/c1-24(37)35-16-15-28-23-41-33-13-12-30(22-32(28)33)40-19-18-39-29-11-10-26-8-5-9-27(31(26)21-29)14-17-36-34(38)20-25-6-3-2-4-7-25/h2-13,21-23H,14-20H2,1H3,(H,35,37)(H,36,38).